The van der Waals surface area contributed by atoms with E-state index in [1.165, 1.54) is 0 Å². The third-order valence-electron chi connectivity index (χ3n) is 2.48. The summed E-state index contributed by atoms with van der Waals surface area (Å²) >= 11 is 3.22. The van der Waals surface area contributed by atoms with Crippen LogP contribution in [0.2, 0.25) is 0 Å². The molecule has 0 saturated carbocycles. The molecule has 0 aliphatic carbocycles. The molecule has 0 aliphatic rings. The van der Waals surface area contributed by atoms with Crippen LogP contribution in [0.5, 0.6) is 0 Å². The number of hydrogen-bond donors (Lipinski definition) is 1. The fourth-order valence-corrected chi connectivity index (χ4v) is 1.60. The summed E-state index contributed by atoms with van der Waals surface area (Å²) in [7, 11) is 1.89. The van der Waals surface area contributed by atoms with Crippen molar-refractivity contribution in [3.63, 3.8) is 0 Å². The summed E-state index contributed by atoms with van der Waals surface area (Å²) < 4.78 is 1.84. The summed E-state index contributed by atoms with van der Waals surface area (Å²) in [6.07, 6.45) is 1.65. The third-order valence-corrected chi connectivity index (χ3v) is 2.90. The number of aromatic nitrogens is 3. The zero-order valence-corrected chi connectivity index (χ0v) is 11.7. The predicted octanol–water partition coefficient (Wildman–Crippen LogP) is 2.20. The monoisotopic (exact) mass is 308 g/mol. The summed E-state index contributed by atoms with van der Waals surface area (Å²) in [6.45, 7) is 1.78. The average molecular weight is 309 g/mol. The van der Waals surface area contributed by atoms with Crippen LogP contribution in [0.3, 0.4) is 0 Å². The first-order chi connectivity index (χ1) is 8.58. The van der Waals surface area contributed by atoms with Crippen LogP contribution < -0.4 is 5.32 Å². The highest BCUT2D eigenvalue weighted by Gasteiger charge is 2.09. The second kappa shape index (κ2) is 5.30. The van der Waals surface area contributed by atoms with Crippen LogP contribution in [-0.4, -0.2) is 25.5 Å². The molecule has 94 valence electrons. The number of anilines is 1. The van der Waals surface area contributed by atoms with Gasteiger partial charge in [-0.05, 0) is 31.2 Å². The molecule has 1 unspecified atom stereocenters. The standard InChI is InChI=1S/C12H13BrN4O/c1-8(13)12(18)15-10-5-3-9(4-6-10)11-16-14-7-17(11)2/h3-8H,1-2H3,(H,15,18). The minimum Gasteiger partial charge on any atom is -0.325 e. The van der Waals surface area contributed by atoms with Gasteiger partial charge in [-0.1, -0.05) is 15.9 Å². The molecule has 1 amide bonds. The summed E-state index contributed by atoms with van der Waals surface area (Å²) in [6, 6.07) is 7.49. The number of carbonyl (C=O) groups is 1. The molecular formula is C12H13BrN4O. The molecule has 18 heavy (non-hydrogen) atoms. The summed E-state index contributed by atoms with van der Waals surface area (Å²) in [5.74, 6) is 0.725. The molecular weight excluding hydrogens is 296 g/mol. The fourth-order valence-electron chi connectivity index (χ4n) is 1.49. The Hall–Kier alpha value is -1.69. The van der Waals surface area contributed by atoms with Crippen molar-refractivity contribution in [1.29, 1.82) is 0 Å². The van der Waals surface area contributed by atoms with Gasteiger partial charge in [0.05, 0.1) is 4.83 Å². The first kappa shape index (κ1) is 12.8. The molecule has 1 aromatic carbocycles. The first-order valence-corrected chi connectivity index (χ1v) is 6.39. The highest BCUT2D eigenvalue weighted by atomic mass is 79.9. The fraction of sp³-hybridized carbons (Fsp3) is 0.250. The molecule has 2 aromatic rings. The predicted molar refractivity (Wildman–Crippen MR) is 73.5 cm³/mol. The van der Waals surface area contributed by atoms with E-state index in [1.807, 2.05) is 35.9 Å². The van der Waals surface area contributed by atoms with Gasteiger partial charge in [-0.2, -0.15) is 0 Å². The van der Waals surface area contributed by atoms with E-state index < -0.39 is 0 Å². The number of benzene rings is 1. The van der Waals surface area contributed by atoms with Gasteiger partial charge in [0, 0.05) is 18.3 Å². The molecule has 0 bridgehead atoms. The molecule has 0 saturated heterocycles. The van der Waals surface area contributed by atoms with E-state index >= 15 is 0 Å². The molecule has 6 heteroatoms. The summed E-state index contributed by atoms with van der Waals surface area (Å²) in [4.78, 5) is 11.3. The van der Waals surface area contributed by atoms with E-state index in [4.69, 9.17) is 0 Å². The van der Waals surface area contributed by atoms with Gasteiger partial charge in [0.25, 0.3) is 0 Å². The average Bonchev–Trinajstić information content (AvgIpc) is 2.76. The quantitative estimate of drug-likeness (QED) is 0.884. The maximum Gasteiger partial charge on any atom is 0.237 e. The number of carbonyl (C=O) groups excluding carboxylic acids is 1. The minimum atomic E-state index is -0.212. The van der Waals surface area contributed by atoms with E-state index in [9.17, 15) is 4.79 Å². The van der Waals surface area contributed by atoms with Crippen LogP contribution >= 0.6 is 15.9 Å². The van der Waals surface area contributed by atoms with Crippen LogP contribution in [0.1, 0.15) is 6.92 Å². The Morgan fingerprint density at radius 1 is 1.39 bits per heavy atom. The molecule has 2 rings (SSSR count). The zero-order valence-electron chi connectivity index (χ0n) is 10.1. The molecule has 1 N–H and O–H groups in total. The number of halogens is 1. The third kappa shape index (κ3) is 2.76. The van der Waals surface area contributed by atoms with Crippen molar-refractivity contribution in [3.05, 3.63) is 30.6 Å². The lowest BCUT2D eigenvalue weighted by Gasteiger charge is -2.07. The van der Waals surface area contributed by atoms with Crippen molar-refractivity contribution in [2.45, 2.75) is 11.8 Å². The number of nitrogens with one attached hydrogen (secondary N) is 1. The van der Waals surface area contributed by atoms with Crippen molar-refractivity contribution in [1.82, 2.24) is 14.8 Å². The van der Waals surface area contributed by atoms with Gasteiger partial charge >= 0.3 is 0 Å². The molecule has 0 aliphatic heterocycles. The Labute approximate surface area is 113 Å². The van der Waals surface area contributed by atoms with Crippen LogP contribution in [0, 0.1) is 0 Å². The van der Waals surface area contributed by atoms with Crippen LogP contribution in [0.15, 0.2) is 30.6 Å². The maximum absolute atomic E-state index is 11.5. The van der Waals surface area contributed by atoms with E-state index in [1.54, 1.807) is 13.3 Å². The Morgan fingerprint density at radius 2 is 2.06 bits per heavy atom. The van der Waals surface area contributed by atoms with Gasteiger partial charge < -0.3 is 9.88 Å². The molecule has 1 aromatic heterocycles. The molecule has 5 nitrogen and oxygen atoms in total. The Kier molecular flexibility index (Phi) is 3.76. The van der Waals surface area contributed by atoms with Gasteiger partial charge in [0.2, 0.25) is 5.91 Å². The van der Waals surface area contributed by atoms with Crippen LogP contribution in [-0.2, 0) is 11.8 Å². The molecule has 0 fully saturated rings. The van der Waals surface area contributed by atoms with Gasteiger partial charge in [0.15, 0.2) is 5.82 Å². The Balaban J connectivity index is 2.16. The maximum atomic E-state index is 11.5. The van der Waals surface area contributed by atoms with E-state index in [0.717, 1.165) is 17.1 Å². The number of aryl methyl sites for hydroxylation is 1. The van der Waals surface area contributed by atoms with E-state index in [0.29, 0.717) is 0 Å². The normalized spacial score (nSPS) is 12.2. The largest absolute Gasteiger partial charge is 0.325 e. The lowest BCUT2D eigenvalue weighted by molar-refractivity contribution is -0.115. The van der Waals surface area contributed by atoms with Crippen LogP contribution in [0.4, 0.5) is 5.69 Å². The molecule has 0 spiro atoms. The molecule has 0 radical (unpaired) electrons. The minimum absolute atomic E-state index is 0.0681. The summed E-state index contributed by atoms with van der Waals surface area (Å²) in [5, 5.41) is 10.7. The van der Waals surface area contributed by atoms with Crippen molar-refractivity contribution < 1.29 is 4.79 Å². The Morgan fingerprint density at radius 3 is 2.56 bits per heavy atom. The second-order valence-corrected chi connectivity index (χ2v) is 5.32. The number of amides is 1. The van der Waals surface area contributed by atoms with E-state index in [2.05, 4.69) is 31.4 Å². The second-order valence-electron chi connectivity index (χ2n) is 3.95. The highest BCUT2D eigenvalue weighted by Crippen LogP contribution is 2.19. The first-order valence-electron chi connectivity index (χ1n) is 5.47. The number of hydrogen-bond acceptors (Lipinski definition) is 3. The lowest BCUT2D eigenvalue weighted by Crippen LogP contribution is -2.19. The number of nitrogens with zero attached hydrogens (tertiary/aromatic N) is 3. The van der Waals surface area contributed by atoms with Crippen molar-refractivity contribution in [2.24, 2.45) is 7.05 Å². The van der Waals surface area contributed by atoms with Crippen molar-refractivity contribution >= 4 is 27.5 Å². The van der Waals surface area contributed by atoms with Gasteiger partial charge in [-0.3, -0.25) is 4.79 Å². The van der Waals surface area contributed by atoms with Gasteiger partial charge in [-0.25, -0.2) is 0 Å². The number of rotatable bonds is 3. The molecule has 1 atom stereocenters. The Bertz CT molecular complexity index is 547. The topological polar surface area (TPSA) is 59.8 Å². The van der Waals surface area contributed by atoms with E-state index in [-0.39, 0.29) is 10.7 Å². The van der Waals surface area contributed by atoms with Gasteiger partial charge in [0.1, 0.15) is 6.33 Å². The van der Waals surface area contributed by atoms with Crippen molar-refractivity contribution in [2.75, 3.05) is 5.32 Å². The number of alkyl halides is 1. The summed E-state index contributed by atoms with van der Waals surface area (Å²) in [5.41, 5.74) is 1.72. The highest BCUT2D eigenvalue weighted by molar-refractivity contribution is 9.10. The lowest BCUT2D eigenvalue weighted by atomic mass is 10.2. The smallest absolute Gasteiger partial charge is 0.237 e. The van der Waals surface area contributed by atoms with Crippen molar-refractivity contribution in [3.8, 4) is 11.4 Å². The van der Waals surface area contributed by atoms with Crippen LogP contribution in [0.25, 0.3) is 11.4 Å². The van der Waals surface area contributed by atoms with Gasteiger partial charge in [-0.15, -0.1) is 10.2 Å². The zero-order chi connectivity index (χ0) is 13.1. The molecule has 1 heterocycles. The SMILES string of the molecule is CC(Br)C(=O)Nc1ccc(-c2nncn2C)cc1.